The molecular formula is C12H18N2O. The highest BCUT2D eigenvalue weighted by molar-refractivity contribution is 5.56. The molecule has 0 fully saturated rings. The van der Waals surface area contributed by atoms with Gasteiger partial charge in [-0.15, -0.1) is 0 Å². The van der Waals surface area contributed by atoms with Gasteiger partial charge in [0, 0.05) is 24.3 Å². The molecule has 1 aromatic rings. The fourth-order valence-electron chi connectivity index (χ4n) is 2.08. The number of benzene rings is 1. The van der Waals surface area contributed by atoms with Gasteiger partial charge in [0.15, 0.2) is 0 Å². The lowest BCUT2D eigenvalue weighted by Crippen LogP contribution is -2.43. The number of fused-ring (bicyclic) bond motifs is 1. The highest BCUT2D eigenvalue weighted by Crippen LogP contribution is 2.25. The molecule has 0 spiro atoms. The maximum Gasteiger partial charge on any atom is 0.116 e. The SMILES string of the molecule is CC(C)NC1CNc2ccc(O)cc2C1. The summed E-state index contributed by atoms with van der Waals surface area (Å²) in [6.45, 7) is 5.26. The summed E-state index contributed by atoms with van der Waals surface area (Å²) in [5, 5.41) is 16.3. The Bertz CT molecular complexity index is 349. The van der Waals surface area contributed by atoms with Crippen LogP contribution in [0.1, 0.15) is 19.4 Å². The number of hydrogen-bond donors (Lipinski definition) is 3. The van der Waals surface area contributed by atoms with Crippen molar-refractivity contribution in [2.24, 2.45) is 0 Å². The molecule has 1 atom stereocenters. The van der Waals surface area contributed by atoms with Crippen LogP contribution < -0.4 is 10.6 Å². The van der Waals surface area contributed by atoms with Crippen molar-refractivity contribution >= 4 is 5.69 Å². The highest BCUT2D eigenvalue weighted by atomic mass is 16.3. The molecular weight excluding hydrogens is 188 g/mol. The van der Waals surface area contributed by atoms with Crippen LogP contribution in [0.15, 0.2) is 18.2 Å². The summed E-state index contributed by atoms with van der Waals surface area (Å²) in [5.74, 6) is 0.348. The maximum atomic E-state index is 9.41. The topological polar surface area (TPSA) is 44.3 Å². The molecule has 3 nitrogen and oxygen atoms in total. The van der Waals surface area contributed by atoms with Crippen molar-refractivity contribution in [3.8, 4) is 5.75 Å². The predicted octanol–water partition coefficient (Wildman–Crippen LogP) is 1.73. The zero-order valence-corrected chi connectivity index (χ0v) is 9.25. The summed E-state index contributed by atoms with van der Waals surface area (Å²) < 4.78 is 0. The molecule has 0 bridgehead atoms. The number of hydrogen-bond acceptors (Lipinski definition) is 3. The van der Waals surface area contributed by atoms with Gasteiger partial charge in [-0.2, -0.15) is 0 Å². The molecule has 15 heavy (non-hydrogen) atoms. The first-order valence-corrected chi connectivity index (χ1v) is 5.47. The van der Waals surface area contributed by atoms with E-state index in [1.165, 1.54) is 5.56 Å². The molecule has 1 aliphatic heterocycles. The van der Waals surface area contributed by atoms with Crippen LogP contribution in [0.2, 0.25) is 0 Å². The number of anilines is 1. The molecule has 0 amide bonds. The molecule has 0 aromatic heterocycles. The maximum absolute atomic E-state index is 9.41. The van der Waals surface area contributed by atoms with Gasteiger partial charge in [0.05, 0.1) is 0 Å². The first-order valence-electron chi connectivity index (χ1n) is 5.47. The van der Waals surface area contributed by atoms with Crippen molar-refractivity contribution in [3.63, 3.8) is 0 Å². The third-order valence-corrected chi connectivity index (χ3v) is 2.66. The van der Waals surface area contributed by atoms with E-state index in [0.717, 1.165) is 18.7 Å². The van der Waals surface area contributed by atoms with E-state index in [1.807, 2.05) is 12.1 Å². The minimum atomic E-state index is 0.348. The average molecular weight is 206 g/mol. The van der Waals surface area contributed by atoms with Gasteiger partial charge in [0.2, 0.25) is 0 Å². The second-order valence-electron chi connectivity index (χ2n) is 4.44. The molecule has 3 N–H and O–H groups in total. The lowest BCUT2D eigenvalue weighted by molar-refractivity contribution is 0.459. The van der Waals surface area contributed by atoms with Gasteiger partial charge in [-0.05, 0) is 30.2 Å². The molecule has 1 heterocycles. The predicted molar refractivity (Wildman–Crippen MR) is 62.4 cm³/mol. The van der Waals surface area contributed by atoms with Crippen molar-refractivity contribution in [1.82, 2.24) is 5.32 Å². The largest absolute Gasteiger partial charge is 0.508 e. The minimum absolute atomic E-state index is 0.348. The number of rotatable bonds is 2. The molecule has 0 saturated carbocycles. The van der Waals surface area contributed by atoms with E-state index in [2.05, 4.69) is 24.5 Å². The van der Waals surface area contributed by atoms with E-state index in [-0.39, 0.29) is 0 Å². The second-order valence-corrected chi connectivity index (χ2v) is 4.44. The van der Waals surface area contributed by atoms with Gasteiger partial charge in [0.1, 0.15) is 5.75 Å². The molecule has 82 valence electrons. The Labute approximate surface area is 90.5 Å². The van der Waals surface area contributed by atoms with Gasteiger partial charge < -0.3 is 15.7 Å². The van der Waals surface area contributed by atoms with Crippen LogP contribution in [-0.4, -0.2) is 23.7 Å². The summed E-state index contributed by atoms with van der Waals surface area (Å²) in [6.07, 6.45) is 0.981. The van der Waals surface area contributed by atoms with Crippen molar-refractivity contribution in [2.45, 2.75) is 32.4 Å². The standard InChI is InChI=1S/C12H18N2O/c1-8(2)14-10-5-9-6-11(15)3-4-12(9)13-7-10/h3-4,6,8,10,13-15H,5,7H2,1-2H3. The number of aromatic hydroxyl groups is 1. The molecule has 1 unspecified atom stereocenters. The third-order valence-electron chi connectivity index (χ3n) is 2.66. The third kappa shape index (κ3) is 2.42. The summed E-state index contributed by atoms with van der Waals surface area (Å²) in [7, 11) is 0. The summed E-state index contributed by atoms with van der Waals surface area (Å²) in [4.78, 5) is 0. The van der Waals surface area contributed by atoms with Crippen LogP contribution in [0.4, 0.5) is 5.69 Å². The van der Waals surface area contributed by atoms with Crippen molar-refractivity contribution in [2.75, 3.05) is 11.9 Å². The van der Waals surface area contributed by atoms with E-state index in [9.17, 15) is 5.11 Å². The van der Waals surface area contributed by atoms with Crippen LogP contribution >= 0.6 is 0 Å². The van der Waals surface area contributed by atoms with E-state index in [0.29, 0.717) is 17.8 Å². The van der Waals surface area contributed by atoms with E-state index >= 15 is 0 Å². The summed E-state index contributed by atoms with van der Waals surface area (Å²) in [6, 6.07) is 6.46. The molecule has 0 radical (unpaired) electrons. The Morgan fingerprint density at radius 3 is 3.00 bits per heavy atom. The van der Waals surface area contributed by atoms with Gasteiger partial charge in [-0.25, -0.2) is 0 Å². The molecule has 0 aliphatic carbocycles. The molecule has 3 heteroatoms. The van der Waals surface area contributed by atoms with Gasteiger partial charge in [-0.1, -0.05) is 13.8 Å². The Morgan fingerprint density at radius 1 is 1.47 bits per heavy atom. The zero-order valence-electron chi connectivity index (χ0n) is 9.25. The van der Waals surface area contributed by atoms with Gasteiger partial charge in [0.25, 0.3) is 0 Å². The van der Waals surface area contributed by atoms with Crippen molar-refractivity contribution in [3.05, 3.63) is 23.8 Å². The lowest BCUT2D eigenvalue weighted by Gasteiger charge is -2.28. The Kier molecular flexibility index (Phi) is 2.82. The Morgan fingerprint density at radius 2 is 2.27 bits per heavy atom. The average Bonchev–Trinajstić information content (AvgIpc) is 2.16. The highest BCUT2D eigenvalue weighted by Gasteiger charge is 2.18. The smallest absolute Gasteiger partial charge is 0.116 e. The van der Waals surface area contributed by atoms with E-state index < -0.39 is 0 Å². The van der Waals surface area contributed by atoms with Crippen LogP contribution in [-0.2, 0) is 6.42 Å². The first-order chi connectivity index (χ1) is 7.15. The van der Waals surface area contributed by atoms with Crippen LogP contribution in [0.5, 0.6) is 5.75 Å². The summed E-state index contributed by atoms with van der Waals surface area (Å²) in [5.41, 5.74) is 2.34. The van der Waals surface area contributed by atoms with Crippen LogP contribution in [0.3, 0.4) is 0 Å². The van der Waals surface area contributed by atoms with E-state index in [4.69, 9.17) is 0 Å². The second kappa shape index (κ2) is 4.11. The fourth-order valence-corrected chi connectivity index (χ4v) is 2.08. The van der Waals surface area contributed by atoms with Gasteiger partial charge >= 0.3 is 0 Å². The monoisotopic (exact) mass is 206 g/mol. The minimum Gasteiger partial charge on any atom is -0.508 e. The Balaban J connectivity index is 2.11. The van der Waals surface area contributed by atoms with E-state index in [1.54, 1.807) is 6.07 Å². The normalized spacial score (nSPS) is 19.8. The lowest BCUT2D eigenvalue weighted by atomic mass is 9.99. The number of phenols is 1. The number of nitrogens with one attached hydrogen (secondary N) is 2. The zero-order chi connectivity index (χ0) is 10.8. The molecule has 2 rings (SSSR count). The molecule has 1 aromatic carbocycles. The Hall–Kier alpha value is -1.22. The number of phenolic OH excluding ortho intramolecular Hbond substituents is 1. The first kappa shape index (κ1) is 10.3. The van der Waals surface area contributed by atoms with Crippen LogP contribution in [0.25, 0.3) is 0 Å². The van der Waals surface area contributed by atoms with Crippen molar-refractivity contribution in [1.29, 1.82) is 0 Å². The fraction of sp³-hybridized carbons (Fsp3) is 0.500. The molecule has 0 saturated heterocycles. The quantitative estimate of drug-likeness (QED) is 0.646. The molecule has 1 aliphatic rings. The van der Waals surface area contributed by atoms with Gasteiger partial charge in [-0.3, -0.25) is 0 Å². The van der Waals surface area contributed by atoms with Crippen LogP contribution in [0, 0.1) is 0 Å². The summed E-state index contributed by atoms with van der Waals surface area (Å²) >= 11 is 0. The van der Waals surface area contributed by atoms with Crippen molar-refractivity contribution < 1.29 is 5.11 Å².